The highest BCUT2D eigenvalue weighted by Gasteiger charge is 2.16. The van der Waals surface area contributed by atoms with E-state index in [2.05, 4.69) is 10.3 Å². The van der Waals surface area contributed by atoms with Crippen molar-refractivity contribution in [1.82, 2.24) is 4.98 Å². The number of rotatable bonds is 4. The Hall–Kier alpha value is -2.38. The smallest absolute Gasteiger partial charge is 0.349 e. The van der Waals surface area contributed by atoms with Crippen LogP contribution >= 0.6 is 46.1 Å². The highest BCUT2D eigenvalue weighted by atomic mass is 35.5. The lowest BCUT2D eigenvalue weighted by molar-refractivity contribution is 0.102. The molecule has 9 heteroatoms. The Labute approximate surface area is 183 Å². The lowest BCUT2D eigenvalue weighted by Crippen LogP contribution is -2.20. The van der Waals surface area contributed by atoms with E-state index in [0.29, 0.717) is 37.6 Å². The largest absolute Gasteiger partial charge is 0.422 e. The zero-order chi connectivity index (χ0) is 20.5. The van der Waals surface area contributed by atoms with Gasteiger partial charge in [0.1, 0.15) is 11.1 Å². The maximum Gasteiger partial charge on any atom is 0.349 e. The summed E-state index contributed by atoms with van der Waals surface area (Å²) in [5.74, 6) is -0.606. The Bertz CT molecular complexity index is 1300. The first-order valence-corrected chi connectivity index (χ1v) is 10.3. The minimum absolute atomic E-state index is 0.128. The van der Waals surface area contributed by atoms with Crippen molar-refractivity contribution in [2.24, 2.45) is 0 Å². The van der Waals surface area contributed by atoms with E-state index in [0.717, 1.165) is 10.4 Å². The first-order chi connectivity index (χ1) is 13.9. The molecular formula is C20H11Cl3N2O3S. The minimum atomic E-state index is -0.734. The van der Waals surface area contributed by atoms with Crippen molar-refractivity contribution in [3.63, 3.8) is 0 Å². The Balaban J connectivity index is 1.54. The second kappa shape index (κ2) is 8.16. The van der Waals surface area contributed by atoms with Gasteiger partial charge in [0.25, 0.3) is 5.91 Å². The van der Waals surface area contributed by atoms with Crippen molar-refractivity contribution in [3.8, 4) is 0 Å². The van der Waals surface area contributed by atoms with Crippen molar-refractivity contribution in [2.45, 2.75) is 6.42 Å². The molecule has 29 heavy (non-hydrogen) atoms. The Kier molecular flexibility index (Phi) is 5.61. The Morgan fingerprint density at radius 2 is 1.83 bits per heavy atom. The number of halogens is 3. The van der Waals surface area contributed by atoms with Crippen molar-refractivity contribution in [2.75, 3.05) is 5.32 Å². The number of hydrogen-bond acceptors (Lipinski definition) is 5. The van der Waals surface area contributed by atoms with Gasteiger partial charge in [-0.2, -0.15) is 0 Å². The number of amides is 1. The van der Waals surface area contributed by atoms with E-state index in [4.69, 9.17) is 39.2 Å². The van der Waals surface area contributed by atoms with Crippen molar-refractivity contribution in [1.29, 1.82) is 0 Å². The fraction of sp³-hybridized carbons (Fsp3) is 0.0500. The number of benzene rings is 2. The van der Waals surface area contributed by atoms with Gasteiger partial charge in [0.15, 0.2) is 5.13 Å². The predicted molar refractivity (Wildman–Crippen MR) is 117 cm³/mol. The second-order valence-corrected chi connectivity index (χ2v) is 8.52. The van der Waals surface area contributed by atoms with Gasteiger partial charge in [0.2, 0.25) is 0 Å². The topological polar surface area (TPSA) is 72.2 Å². The summed E-state index contributed by atoms with van der Waals surface area (Å²) in [6, 6.07) is 11.5. The number of carbonyl (C=O) groups is 1. The van der Waals surface area contributed by atoms with Gasteiger partial charge in [-0.1, -0.05) is 40.9 Å². The van der Waals surface area contributed by atoms with Crippen LogP contribution in [-0.2, 0) is 6.42 Å². The lowest BCUT2D eigenvalue weighted by Gasteiger charge is -2.03. The molecule has 0 aliphatic carbocycles. The van der Waals surface area contributed by atoms with Crippen LogP contribution in [-0.4, -0.2) is 10.9 Å². The number of aromatic nitrogens is 1. The summed E-state index contributed by atoms with van der Waals surface area (Å²) >= 11 is 19.4. The van der Waals surface area contributed by atoms with Crippen LogP contribution in [0.2, 0.25) is 15.1 Å². The van der Waals surface area contributed by atoms with E-state index in [-0.39, 0.29) is 5.56 Å². The fourth-order valence-electron chi connectivity index (χ4n) is 2.72. The number of thiazole rings is 1. The number of fused-ring (bicyclic) bond motifs is 1. The molecule has 0 bridgehead atoms. The van der Waals surface area contributed by atoms with Gasteiger partial charge in [0, 0.05) is 37.9 Å². The normalized spacial score (nSPS) is 11.0. The third-order valence-electron chi connectivity index (χ3n) is 4.09. The highest BCUT2D eigenvalue weighted by molar-refractivity contribution is 7.15. The van der Waals surface area contributed by atoms with Crippen LogP contribution in [0.4, 0.5) is 5.13 Å². The minimum Gasteiger partial charge on any atom is -0.422 e. The number of hydrogen-bond donors (Lipinski definition) is 1. The van der Waals surface area contributed by atoms with Gasteiger partial charge in [-0.25, -0.2) is 9.78 Å². The first kappa shape index (κ1) is 19.9. The van der Waals surface area contributed by atoms with E-state index in [1.165, 1.54) is 17.4 Å². The van der Waals surface area contributed by atoms with E-state index in [9.17, 15) is 9.59 Å². The average molecular weight is 466 g/mol. The van der Waals surface area contributed by atoms with Gasteiger partial charge >= 0.3 is 5.63 Å². The molecule has 0 saturated heterocycles. The maximum absolute atomic E-state index is 12.5. The number of carbonyl (C=O) groups excluding carboxylic acids is 1. The molecule has 2 aromatic carbocycles. The molecule has 0 spiro atoms. The van der Waals surface area contributed by atoms with E-state index >= 15 is 0 Å². The van der Waals surface area contributed by atoms with Crippen LogP contribution < -0.4 is 10.9 Å². The fourth-order valence-corrected chi connectivity index (χ4v) is 4.20. The van der Waals surface area contributed by atoms with Crippen LogP contribution in [0, 0.1) is 0 Å². The predicted octanol–water partition coefficient (Wildman–Crippen LogP) is 6.05. The molecular weight excluding hydrogens is 455 g/mol. The molecule has 4 aromatic rings. The van der Waals surface area contributed by atoms with Crippen LogP contribution in [0.5, 0.6) is 0 Å². The summed E-state index contributed by atoms with van der Waals surface area (Å²) in [4.78, 5) is 29.8. The summed E-state index contributed by atoms with van der Waals surface area (Å²) in [5.41, 5.74) is 0.385. The first-order valence-electron chi connectivity index (χ1n) is 8.32. The molecule has 0 unspecified atom stereocenters. The third-order valence-corrected chi connectivity index (χ3v) is 5.83. The third kappa shape index (κ3) is 4.46. The molecule has 1 amide bonds. The lowest BCUT2D eigenvalue weighted by atomic mass is 10.1. The van der Waals surface area contributed by atoms with Gasteiger partial charge in [-0.3, -0.25) is 10.1 Å². The van der Waals surface area contributed by atoms with E-state index in [1.54, 1.807) is 36.5 Å². The molecule has 5 nitrogen and oxygen atoms in total. The summed E-state index contributed by atoms with van der Waals surface area (Å²) in [6.07, 6.45) is 2.19. The summed E-state index contributed by atoms with van der Waals surface area (Å²) in [5, 5.41) is 5.14. The van der Waals surface area contributed by atoms with Crippen molar-refractivity contribution >= 4 is 68.1 Å². The van der Waals surface area contributed by atoms with E-state index < -0.39 is 11.5 Å². The molecule has 0 saturated carbocycles. The van der Waals surface area contributed by atoms with Crippen molar-refractivity contribution in [3.05, 3.63) is 90.2 Å². The number of nitrogens with one attached hydrogen (secondary N) is 1. The van der Waals surface area contributed by atoms with Gasteiger partial charge in [-0.15, -0.1) is 11.3 Å². The monoisotopic (exact) mass is 464 g/mol. The van der Waals surface area contributed by atoms with E-state index in [1.807, 2.05) is 6.07 Å². The molecule has 4 rings (SSSR count). The zero-order valence-corrected chi connectivity index (χ0v) is 17.6. The van der Waals surface area contributed by atoms with Gasteiger partial charge in [0.05, 0.1) is 0 Å². The summed E-state index contributed by atoms with van der Waals surface area (Å²) < 4.78 is 5.20. The Morgan fingerprint density at radius 3 is 2.62 bits per heavy atom. The number of anilines is 1. The molecule has 1 N–H and O–H groups in total. The maximum atomic E-state index is 12.5. The van der Waals surface area contributed by atoms with Crippen LogP contribution in [0.15, 0.2) is 57.9 Å². The molecule has 0 radical (unpaired) electrons. The van der Waals surface area contributed by atoms with Crippen LogP contribution in [0.3, 0.4) is 0 Å². The summed E-state index contributed by atoms with van der Waals surface area (Å²) in [6.45, 7) is 0. The molecule has 2 aromatic heterocycles. The second-order valence-electron chi connectivity index (χ2n) is 6.13. The quantitative estimate of drug-likeness (QED) is 0.372. The van der Waals surface area contributed by atoms with Crippen LogP contribution in [0.1, 0.15) is 20.8 Å². The molecule has 0 aliphatic rings. The average Bonchev–Trinajstić information content (AvgIpc) is 3.10. The molecule has 146 valence electrons. The zero-order valence-electron chi connectivity index (χ0n) is 14.5. The van der Waals surface area contributed by atoms with Crippen molar-refractivity contribution < 1.29 is 9.21 Å². The molecule has 0 aliphatic heterocycles. The van der Waals surface area contributed by atoms with Gasteiger partial charge in [-0.05, 0) is 42.0 Å². The summed E-state index contributed by atoms with van der Waals surface area (Å²) in [7, 11) is 0. The molecule has 0 fully saturated rings. The number of nitrogens with zero attached hydrogens (tertiary/aromatic N) is 1. The Morgan fingerprint density at radius 1 is 1.07 bits per heavy atom. The van der Waals surface area contributed by atoms with Crippen LogP contribution in [0.25, 0.3) is 11.0 Å². The standard InChI is InChI=1S/C20H11Cl3N2O3S/c21-12-3-4-17-11(5-12)7-15(19(27)28-17)18(26)25-20-24-9-14(29-20)6-10-1-2-13(22)8-16(10)23/h1-5,7-9H,6H2,(H,24,25,26). The highest BCUT2D eigenvalue weighted by Crippen LogP contribution is 2.27. The SMILES string of the molecule is O=C(Nc1ncc(Cc2ccc(Cl)cc2Cl)s1)c1cc2cc(Cl)ccc2oc1=O. The molecule has 0 atom stereocenters. The molecule has 2 heterocycles. The van der Waals surface area contributed by atoms with Gasteiger partial charge < -0.3 is 4.42 Å².